The van der Waals surface area contributed by atoms with Crippen LogP contribution in [0, 0.1) is 21.4 Å². The number of amides is 1. The normalized spacial score (nSPS) is 11.4. The highest BCUT2D eigenvalue weighted by molar-refractivity contribution is 9.10. The summed E-state index contributed by atoms with van der Waals surface area (Å²) in [6.45, 7) is 0. The molecule has 0 heterocycles. The second kappa shape index (κ2) is 11.3. The zero-order valence-corrected chi connectivity index (χ0v) is 20.9. The predicted octanol–water partition coefficient (Wildman–Crippen LogP) is 7.38. The van der Waals surface area contributed by atoms with Crippen LogP contribution in [0.2, 0.25) is 5.02 Å². The van der Waals surface area contributed by atoms with E-state index >= 15 is 0 Å². The molecule has 0 radical (unpaired) electrons. The first-order chi connectivity index (χ1) is 17.4. The summed E-state index contributed by atoms with van der Waals surface area (Å²) in [5, 5.41) is 23.8. The number of hydrogen-bond donors (Lipinski definition) is 1. The predicted molar refractivity (Wildman–Crippen MR) is 133 cm³/mol. The average Bonchev–Trinajstić information content (AvgIpc) is 2.83. The summed E-state index contributed by atoms with van der Waals surface area (Å²) in [6, 6.07) is 12.8. The average molecular weight is 597 g/mol. The molecule has 3 rings (SSSR count). The molecular weight excluding hydrogens is 583 g/mol. The molecule has 8 nitrogen and oxygen atoms in total. The number of nitrogens with one attached hydrogen (secondary N) is 1. The van der Waals surface area contributed by atoms with E-state index in [1.807, 2.05) is 0 Å². The number of alkyl halides is 3. The van der Waals surface area contributed by atoms with Crippen LogP contribution >= 0.6 is 27.5 Å². The first-order valence-electron chi connectivity index (χ1n) is 10.0. The topological polar surface area (TPSA) is 114 Å². The van der Waals surface area contributed by atoms with Crippen molar-refractivity contribution in [2.75, 3.05) is 12.4 Å². The van der Waals surface area contributed by atoms with Gasteiger partial charge in [0.05, 0.1) is 22.1 Å². The van der Waals surface area contributed by atoms with Crippen LogP contribution in [0.3, 0.4) is 0 Å². The van der Waals surface area contributed by atoms with E-state index in [9.17, 15) is 33.3 Å². The Bertz CT molecular complexity index is 1450. The highest BCUT2D eigenvalue weighted by Gasteiger charge is 2.33. The zero-order valence-electron chi connectivity index (χ0n) is 18.6. The lowest BCUT2D eigenvalue weighted by Gasteiger charge is -2.14. The third-order valence-corrected chi connectivity index (χ3v) is 5.53. The number of benzene rings is 3. The Balaban J connectivity index is 1.95. The summed E-state index contributed by atoms with van der Waals surface area (Å²) in [5.41, 5.74) is -1.69. The van der Waals surface area contributed by atoms with Crippen molar-refractivity contribution in [2.24, 2.45) is 0 Å². The highest BCUT2D eigenvalue weighted by Crippen LogP contribution is 2.44. The lowest BCUT2D eigenvalue weighted by molar-refractivity contribution is -0.385. The Morgan fingerprint density at radius 2 is 1.92 bits per heavy atom. The zero-order chi connectivity index (χ0) is 27.3. The van der Waals surface area contributed by atoms with E-state index in [1.54, 1.807) is 24.3 Å². The van der Waals surface area contributed by atoms with Crippen LogP contribution < -0.4 is 14.8 Å². The van der Waals surface area contributed by atoms with Gasteiger partial charge in [-0.3, -0.25) is 14.9 Å². The van der Waals surface area contributed by atoms with Crippen LogP contribution in [0.15, 0.2) is 64.6 Å². The molecule has 0 atom stereocenters. The summed E-state index contributed by atoms with van der Waals surface area (Å²) in [7, 11) is 1.26. The lowest BCUT2D eigenvalue weighted by atomic mass is 10.1. The summed E-state index contributed by atoms with van der Waals surface area (Å²) in [6.07, 6.45) is -3.52. The number of nitrogens with zero attached hydrogens (tertiary/aromatic N) is 2. The Kier molecular flexibility index (Phi) is 8.42. The summed E-state index contributed by atoms with van der Waals surface area (Å²) in [4.78, 5) is 22.9. The second-order valence-electron chi connectivity index (χ2n) is 7.21. The fraction of sp³-hybridized carbons (Fsp3) is 0.0833. The van der Waals surface area contributed by atoms with Crippen molar-refractivity contribution in [3.8, 4) is 23.3 Å². The van der Waals surface area contributed by atoms with Gasteiger partial charge in [0, 0.05) is 16.8 Å². The van der Waals surface area contributed by atoms with E-state index in [0.717, 1.165) is 6.07 Å². The minimum atomic E-state index is -4.78. The molecule has 0 aliphatic rings. The number of nitro groups is 1. The highest BCUT2D eigenvalue weighted by atomic mass is 79.9. The van der Waals surface area contributed by atoms with Gasteiger partial charge in [-0.15, -0.1) is 0 Å². The van der Waals surface area contributed by atoms with Crippen LogP contribution in [0.1, 0.15) is 11.1 Å². The van der Waals surface area contributed by atoms with Gasteiger partial charge in [-0.2, -0.15) is 18.4 Å². The molecule has 37 heavy (non-hydrogen) atoms. The van der Waals surface area contributed by atoms with Gasteiger partial charge in [-0.25, -0.2) is 0 Å². The number of carbonyl (C=O) groups is 1. The molecular formula is C24H14BrClF3N3O5. The van der Waals surface area contributed by atoms with Crippen molar-refractivity contribution in [1.29, 1.82) is 5.26 Å². The van der Waals surface area contributed by atoms with Crippen molar-refractivity contribution in [3.05, 3.63) is 90.9 Å². The van der Waals surface area contributed by atoms with Gasteiger partial charge in [0.15, 0.2) is 11.5 Å². The number of methoxy groups -OCH3 is 1. The molecule has 0 saturated heterocycles. The van der Waals surface area contributed by atoms with Crippen molar-refractivity contribution in [3.63, 3.8) is 0 Å². The van der Waals surface area contributed by atoms with Crippen molar-refractivity contribution in [2.45, 2.75) is 6.18 Å². The van der Waals surface area contributed by atoms with Crippen molar-refractivity contribution >= 4 is 50.9 Å². The molecule has 1 N–H and O–H groups in total. The van der Waals surface area contributed by atoms with Gasteiger partial charge in [0.25, 0.3) is 5.91 Å². The van der Waals surface area contributed by atoms with E-state index in [4.69, 9.17) is 21.1 Å². The minimum absolute atomic E-state index is 0.0161. The minimum Gasteiger partial charge on any atom is -0.493 e. The number of carbonyl (C=O) groups excluding carboxylic acids is 1. The van der Waals surface area contributed by atoms with Crippen LogP contribution in [0.5, 0.6) is 17.2 Å². The summed E-state index contributed by atoms with van der Waals surface area (Å²) < 4.78 is 50.0. The van der Waals surface area contributed by atoms with Gasteiger partial charge >= 0.3 is 11.9 Å². The Morgan fingerprint density at radius 1 is 1.19 bits per heavy atom. The first kappa shape index (κ1) is 27.5. The largest absolute Gasteiger partial charge is 0.493 e. The third-order valence-electron chi connectivity index (χ3n) is 4.71. The van der Waals surface area contributed by atoms with Gasteiger partial charge in [-0.05, 0) is 70.0 Å². The van der Waals surface area contributed by atoms with Gasteiger partial charge in [0.2, 0.25) is 5.75 Å². The number of anilines is 1. The number of hydrogen-bond acceptors (Lipinski definition) is 6. The molecule has 0 aromatic heterocycles. The molecule has 0 aliphatic heterocycles. The third kappa shape index (κ3) is 6.78. The van der Waals surface area contributed by atoms with Crippen LogP contribution in [0.4, 0.5) is 24.5 Å². The fourth-order valence-electron chi connectivity index (χ4n) is 3.03. The maximum Gasteiger partial charge on any atom is 0.416 e. The van der Waals surface area contributed by atoms with Crippen LogP contribution in [-0.4, -0.2) is 17.9 Å². The first-order valence-corrected chi connectivity index (χ1v) is 11.2. The molecule has 13 heteroatoms. The molecule has 0 unspecified atom stereocenters. The molecule has 0 spiro atoms. The number of ether oxygens (including phenoxy) is 2. The van der Waals surface area contributed by atoms with Gasteiger partial charge in [-0.1, -0.05) is 17.7 Å². The molecule has 0 saturated carbocycles. The number of rotatable bonds is 7. The van der Waals surface area contributed by atoms with E-state index < -0.39 is 34.0 Å². The molecule has 190 valence electrons. The van der Waals surface area contributed by atoms with E-state index in [2.05, 4.69) is 21.2 Å². The molecule has 0 fully saturated rings. The Morgan fingerprint density at radius 3 is 2.51 bits per heavy atom. The smallest absolute Gasteiger partial charge is 0.416 e. The number of nitriles is 1. The second-order valence-corrected chi connectivity index (χ2v) is 8.50. The van der Waals surface area contributed by atoms with Gasteiger partial charge < -0.3 is 14.8 Å². The van der Waals surface area contributed by atoms with E-state index in [1.165, 1.54) is 31.4 Å². The maximum atomic E-state index is 13.0. The van der Waals surface area contributed by atoms with Crippen LogP contribution in [-0.2, 0) is 11.0 Å². The molecule has 0 aliphatic carbocycles. The van der Waals surface area contributed by atoms with Crippen LogP contribution in [0.25, 0.3) is 6.08 Å². The Labute approximate surface area is 221 Å². The number of halogens is 5. The van der Waals surface area contributed by atoms with E-state index in [-0.39, 0.29) is 21.5 Å². The SMILES string of the molecule is COc1cc(/C=C(\C#N)C(=O)Nc2cccc(Cl)c2)cc(Br)c1Oc1ccc(C(F)(F)F)cc1[N+](=O)[O-]. The molecule has 3 aromatic carbocycles. The molecule has 1 amide bonds. The van der Waals surface area contributed by atoms with E-state index in [0.29, 0.717) is 28.4 Å². The summed E-state index contributed by atoms with van der Waals surface area (Å²) in [5.74, 6) is -1.23. The lowest BCUT2D eigenvalue weighted by Crippen LogP contribution is -2.13. The van der Waals surface area contributed by atoms with Crippen molar-refractivity contribution < 1.29 is 32.4 Å². The fourth-order valence-corrected chi connectivity index (χ4v) is 3.77. The maximum absolute atomic E-state index is 13.0. The standard InChI is InChI=1S/C24H14BrClF3N3O5/c1-36-21-9-13(7-14(12-30)23(33)31-17-4-2-3-16(26)11-17)8-18(25)22(21)37-20-6-5-15(24(27,28)29)10-19(20)32(34)35/h2-11H,1H3,(H,31,33)/b14-7+. The molecule has 3 aromatic rings. The molecule has 0 bridgehead atoms. The monoisotopic (exact) mass is 595 g/mol. The summed E-state index contributed by atoms with van der Waals surface area (Å²) >= 11 is 9.13. The van der Waals surface area contributed by atoms with Crippen molar-refractivity contribution in [1.82, 2.24) is 0 Å². The quantitative estimate of drug-likeness (QED) is 0.132. The van der Waals surface area contributed by atoms with Gasteiger partial charge in [0.1, 0.15) is 11.6 Å². The number of nitro benzene ring substituents is 1. The Hall–Kier alpha value is -4.08.